The van der Waals surface area contributed by atoms with Crippen LogP contribution in [0.15, 0.2) is 78.7 Å². The Labute approximate surface area is 251 Å². The molecule has 218 valence electrons. The van der Waals surface area contributed by atoms with Gasteiger partial charge in [0.2, 0.25) is 6.33 Å². The fourth-order valence-electron chi connectivity index (χ4n) is 4.90. The molecule has 0 saturated heterocycles. The molecule has 5 aromatic rings. The van der Waals surface area contributed by atoms with Gasteiger partial charge in [-0.25, -0.2) is 18.3 Å². The van der Waals surface area contributed by atoms with Crippen LogP contribution in [0.25, 0.3) is 11.3 Å². The van der Waals surface area contributed by atoms with E-state index in [4.69, 9.17) is 15.0 Å². The number of hydrogen-bond donors (Lipinski definition) is 1. The van der Waals surface area contributed by atoms with E-state index in [0.29, 0.717) is 28.6 Å². The Balaban J connectivity index is 1.43. The van der Waals surface area contributed by atoms with E-state index in [0.717, 1.165) is 28.8 Å². The summed E-state index contributed by atoms with van der Waals surface area (Å²) in [5.41, 5.74) is 1.81. The average Bonchev–Trinajstić information content (AvgIpc) is 3.64. The van der Waals surface area contributed by atoms with Gasteiger partial charge in [-0.1, -0.05) is 31.2 Å². The van der Waals surface area contributed by atoms with Crippen molar-refractivity contribution in [1.29, 1.82) is 5.26 Å². The number of aromatic nitrogens is 4. The molecule has 11 heteroatoms. The number of nitriles is 1. The predicted molar refractivity (Wildman–Crippen MR) is 155 cm³/mol. The molecule has 0 saturated carbocycles. The number of thiazole rings is 1. The molecule has 0 bridgehead atoms. The van der Waals surface area contributed by atoms with E-state index in [9.17, 15) is 14.3 Å². The van der Waals surface area contributed by atoms with Crippen LogP contribution in [0.5, 0.6) is 5.75 Å². The van der Waals surface area contributed by atoms with E-state index in [1.54, 1.807) is 54.5 Å². The molecule has 0 aliphatic rings. The van der Waals surface area contributed by atoms with Gasteiger partial charge in [0.15, 0.2) is 0 Å². The van der Waals surface area contributed by atoms with Gasteiger partial charge in [-0.15, -0.1) is 16.0 Å². The van der Waals surface area contributed by atoms with Crippen molar-refractivity contribution >= 4 is 17.3 Å². The van der Waals surface area contributed by atoms with Crippen molar-refractivity contribution in [3.63, 3.8) is 0 Å². The zero-order valence-electron chi connectivity index (χ0n) is 23.7. The zero-order chi connectivity index (χ0) is 30.7. The van der Waals surface area contributed by atoms with Crippen LogP contribution < -0.4 is 9.30 Å². The van der Waals surface area contributed by atoms with Crippen LogP contribution >= 0.6 is 11.3 Å². The highest BCUT2D eigenvalue weighted by atomic mass is 32.1. The number of esters is 1. The molecule has 0 radical (unpaired) electrons. The normalized spacial score (nSPS) is 13.2. The fraction of sp³-hybridized carbons (Fsp3) is 0.219. The number of aryl methyl sites for hydroxylation is 1. The molecule has 3 aromatic carbocycles. The monoisotopic (exact) mass is 600 g/mol. The fourth-order valence-corrected chi connectivity index (χ4v) is 5.87. The summed E-state index contributed by atoms with van der Waals surface area (Å²) in [5.74, 6) is -2.24. The molecule has 2 aromatic heterocycles. The van der Waals surface area contributed by atoms with Crippen LogP contribution in [0, 0.1) is 29.9 Å². The molecule has 0 amide bonds. The van der Waals surface area contributed by atoms with Gasteiger partial charge in [0, 0.05) is 40.5 Å². The highest BCUT2D eigenvalue weighted by Gasteiger charge is 2.43. The smallest absolute Gasteiger partial charge is 0.308 e. The van der Waals surface area contributed by atoms with Crippen molar-refractivity contribution in [2.45, 2.75) is 45.4 Å². The highest BCUT2D eigenvalue weighted by Crippen LogP contribution is 2.41. The van der Waals surface area contributed by atoms with Crippen LogP contribution in [0.3, 0.4) is 0 Å². The molecule has 8 nitrogen and oxygen atoms in total. The Morgan fingerprint density at radius 3 is 2.63 bits per heavy atom. The lowest BCUT2D eigenvalue weighted by Gasteiger charge is -2.32. The first-order valence-corrected chi connectivity index (χ1v) is 14.3. The Morgan fingerprint density at radius 1 is 1.19 bits per heavy atom. The SMILES string of the molecule is CC(=O)Oc1ccc(C[n+]2cnn(CC(O)(c3ccc(F)cc3F)C(C)c3nc(-c4ccc(C#N)cc4)cs3)c2)cc1C. The Kier molecular flexibility index (Phi) is 8.43. The summed E-state index contributed by atoms with van der Waals surface area (Å²) in [4.78, 5) is 16.0. The second-order valence-corrected chi connectivity index (χ2v) is 11.2. The summed E-state index contributed by atoms with van der Waals surface area (Å²) in [6.45, 7) is 5.25. The van der Waals surface area contributed by atoms with Gasteiger partial charge in [0.05, 0.1) is 28.9 Å². The quantitative estimate of drug-likeness (QED) is 0.138. The zero-order valence-corrected chi connectivity index (χ0v) is 24.5. The number of hydrogen-bond acceptors (Lipinski definition) is 7. The molecule has 5 rings (SSSR count). The lowest BCUT2D eigenvalue weighted by Crippen LogP contribution is -2.39. The number of carbonyl (C=O) groups is 1. The standard InChI is InChI=1S/C32H28F2N5O3S/c1-20-12-24(6-11-30(20)42-22(3)40)15-38-18-36-39(19-38)17-32(41,27-10-9-26(33)13-28(27)34)21(2)31-37-29(16-43-31)25-7-4-23(14-35)5-8-25/h4-13,16,18-19,21,41H,15,17H2,1-3H3/q+1. The average molecular weight is 601 g/mol. The van der Waals surface area contributed by atoms with Crippen LogP contribution in [-0.2, 0) is 23.5 Å². The Bertz CT molecular complexity index is 1830. The van der Waals surface area contributed by atoms with Gasteiger partial charge in [-0.05, 0) is 48.4 Å². The summed E-state index contributed by atoms with van der Waals surface area (Å²) in [6, 6.07) is 17.7. The number of ether oxygens (including phenoxy) is 1. The molecule has 0 spiro atoms. The van der Waals surface area contributed by atoms with Crippen molar-refractivity contribution in [2.24, 2.45) is 0 Å². The molecule has 0 aliphatic carbocycles. The summed E-state index contributed by atoms with van der Waals surface area (Å²) in [6.07, 6.45) is 3.28. The maximum absolute atomic E-state index is 15.2. The third-order valence-electron chi connectivity index (χ3n) is 7.21. The highest BCUT2D eigenvalue weighted by molar-refractivity contribution is 7.10. The number of halogens is 2. The summed E-state index contributed by atoms with van der Waals surface area (Å²) >= 11 is 1.32. The van der Waals surface area contributed by atoms with Gasteiger partial charge in [-0.3, -0.25) is 4.79 Å². The minimum Gasteiger partial charge on any atom is -0.426 e. The molecular weight excluding hydrogens is 572 g/mol. The van der Waals surface area contributed by atoms with E-state index >= 15 is 4.39 Å². The number of nitrogens with zero attached hydrogens (tertiary/aromatic N) is 5. The van der Waals surface area contributed by atoms with Crippen molar-refractivity contribution < 1.29 is 28.0 Å². The van der Waals surface area contributed by atoms with Gasteiger partial charge in [-0.2, -0.15) is 5.26 Å². The maximum atomic E-state index is 15.2. The van der Waals surface area contributed by atoms with Gasteiger partial charge in [0.1, 0.15) is 29.5 Å². The second kappa shape index (κ2) is 12.2. The van der Waals surface area contributed by atoms with E-state index in [-0.39, 0.29) is 12.1 Å². The van der Waals surface area contributed by atoms with E-state index in [2.05, 4.69) is 11.2 Å². The van der Waals surface area contributed by atoms with Crippen LogP contribution in [0.4, 0.5) is 8.78 Å². The van der Waals surface area contributed by atoms with E-state index in [1.807, 2.05) is 24.4 Å². The third-order valence-corrected chi connectivity index (χ3v) is 8.23. The number of aliphatic hydroxyl groups is 1. The molecule has 0 fully saturated rings. The molecule has 2 atom stereocenters. The first-order valence-electron chi connectivity index (χ1n) is 13.4. The summed E-state index contributed by atoms with van der Waals surface area (Å²) in [7, 11) is 0. The van der Waals surface area contributed by atoms with Crippen molar-refractivity contribution in [2.75, 3.05) is 0 Å². The largest absolute Gasteiger partial charge is 0.426 e. The Morgan fingerprint density at radius 2 is 1.95 bits per heavy atom. The van der Waals surface area contributed by atoms with Crippen LogP contribution in [0.2, 0.25) is 0 Å². The van der Waals surface area contributed by atoms with Gasteiger partial charge < -0.3 is 9.84 Å². The van der Waals surface area contributed by atoms with Gasteiger partial charge in [0.25, 0.3) is 6.33 Å². The minimum absolute atomic E-state index is 0.0738. The van der Waals surface area contributed by atoms with E-state index < -0.39 is 29.1 Å². The van der Waals surface area contributed by atoms with Crippen molar-refractivity contribution in [3.8, 4) is 23.1 Å². The lowest BCUT2D eigenvalue weighted by molar-refractivity contribution is -0.689. The summed E-state index contributed by atoms with van der Waals surface area (Å²) in [5, 5.41) is 28.1. The summed E-state index contributed by atoms with van der Waals surface area (Å²) < 4.78 is 37.6. The molecule has 43 heavy (non-hydrogen) atoms. The second-order valence-electron chi connectivity index (χ2n) is 10.3. The first-order chi connectivity index (χ1) is 20.5. The van der Waals surface area contributed by atoms with Crippen LogP contribution in [-0.4, -0.2) is 25.8 Å². The van der Waals surface area contributed by atoms with Gasteiger partial charge >= 0.3 is 5.97 Å². The molecular formula is C32H28F2N5O3S+. The number of benzene rings is 3. The topological polar surface area (TPSA) is 105 Å². The molecule has 2 unspecified atom stereocenters. The molecule has 0 aliphatic heterocycles. The first kappa shape index (κ1) is 29.7. The third kappa shape index (κ3) is 6.51. The minimum atomic E-state index is -1.84. The van der Waals surface area contributed by atoms with E-state index in [1.165, 1.54) is 29.0 Å². The number of carbonyl (C=O) groups excluding carboxylic acids is 1. The van der Waals surface area contributed by atoms with Crippen molar-refractivity contribution in [3.05, 3.63) is 118 Å². The number of rotatable bonds is 9. The molecule has 2 heterocycles. The maximum Gasteiger partial charge on any atom is 0.308 e. The van der Waals surface area contributed by atoms with Crippen molar-refractivity contribution in [1.82, 2.24) is 14.8 Å². The molecule has 1 N–H and O–H groups in total. The van der Waals surface area contributed by atoms with Crippen LogP contribution in [0.1, 0.15) is 47.0 Å². The predicted octanol–water partition coefficient (Wildman–Crippen LogP) is 5.42. The lowest BCUT2D eigenvalue weighted by atomic mass is 9.82. The Hall–Kier alpha value is -4.79.